The highest BCUT2D eigenvalue weighted by Crippen LogP contribution is 2.43. The molecule has 1 aromatic carbocycles. The maximum Gasteiger partial charge on any atom is 0.191 e. The number of thiazole rings is 1. The minimum absolute atomic E-state index is 0. The number of guanidine groups is 1. The SMILES string of the molecule is CN=C(NCc1sc(C)nc1C)NCC1(c2ccc(F)cc2)CCC1.I. The van der Waals surface area contributed by atoms with Gasteiger partial charge in [-0.2, -0.15) is 0 Å². The van der Waals surface area contributed by atoms with Crippen molar-refractivity contribution in [2.75, 3.05) is 13.6 Å². The molecule has 0 spiro atoms. The summed E-state index contributed by atoms with van der Waals surface area (Å²) in [5, 5.41) is 7.91. The quantitative estimate of drug-likeness (QED) is 0.375. The molecule has 2 N–H and O–H groups in total. The van der Waals surface area contributed by atoms with Gasteiger partial charge in [-0.3, -0.25) is 4.99 Å². The number of aryl methyl sites for hydroxylation is 2. The lowest BCUT2D eigenvalue weighted by atomic mass is 9.64. The molecule has 1 aliphatic carbocycles. The van der Waals surface area contributed by atoms with Crippen LogP contribution in [-0.4, -0.2) is 24.5 Å². The number of aromatic nitrogens is 1. The Hall–Kier alpha value is -1.22. The van der Waals surface area contributed by atoms with Gasteiger partial charge in [-0.1, -0.05) is 18.6 Å². The van der Waals surface area contributed by atoms with E-state index in [-0.39, 0.29) is 35.2 Å². The van der Waals surface area contributed by atoms with Crippen LogP contribution >= 0.6 is 35.3 Å². The summed E-state index contributed by atoms with van der Waals surface area (Å²) < 4.78 is 13.2. The predicted molar refractivity (Wildman–Crippen MR) is 117 cm³/mol. The maximum absolute atomic E-state index is 13.2. The second kappa shape index (κ2) is 9.12. The molecule has 0 aliphatic heterocycles. The molecule has 2 aromatic rings. The first-order valence-corrected chi connectivity index (χ1v) is 9.47. The van der Waals surface area contributed by atoms with E-state index in [1.165, 1.54) is 16.9 Å². The van der Waals surface area contributed by atoms with E-state index in [2.05, 4.69) is 20.6 Å². The van der Waals surface area contributed by atoms with Gasteiger partial charge in [0.25, 0.3) is 0 Å². The number of hydrogen-bond donors (Lipinski definition) is 2. The van der Waals surface area contributed by atoms with Crippen LogP contribution in [0.4, 0.5) is 4.39 Å². The fraction of sp³-hybridized carbons (Fsp3) is 0.474. The summed E-state index contributed by atoms with van der Waals surface area (Å²) in [4.78, 5) is 10.0. The zero-order valence-electron chi connectivity index (χ0n) is 15.4. The third kappa shape index (κ3) is 4.73. The van der Waals surface area contributed by atoms with Gasteiger partial charge in [0, 0.05) is 23.9 Å². The summed E-state index contributed by atoms with van der Waals surface area (Å²) in [5.74, 6) is 0.609. The van der Waals surface area contributed by atoms with Crippen LogP contribution in [0.25, 0.3) is 0 Å². The van der Waals surface area contributed by atoms with Crippen molar-refractivity contribution < 1.29 is 4.39 Å². The first-order valence-electron chi connectivity index (χ1n) is 8.66. The average Bonchev–Trinajstić information content (AvgIpc) is 2.88. The minimum Gasteiger partial charge on any atom is -0.356 e. The van der Waals surface area contributed by atoms with E-state index in [1.807, 2.05) is 26.0 Å². The van der Waals surface area contributed by atoms with Crippen molar-refractivity contribution in [3.05, 3.63) is 51.2 Å². The van der Waals surface area contributed by atoms with Crippen LogP contribution in [-0.2, 0) is 12.0 Å². The highest BCUT2D eigenvalue weighted by atomic mass is 127. The summed E-state index contributed by atoms with van der Waals surface area (Å²) >= 11 is 1.71. The summed E-state index contributed by atoms with van der Waals surface area (Å²) in [6, 6.07) is 6.93. The van der Waals surface area contributed by atoms with Crippen LogP contribution in [0.1, 0.15) is 40.4 Å². The minimum atomic E-state index is -0.182. The standard InChI is InChI=1S/C19H25FN4S.HI/c1-13-17(25-14(2)24-13)11-22-18(21-3)23-12-19(9-4-10-19)15-5-7-16(20)8-6-15;/h5-8H,4,9-12H2,1-3H3,(H2,21,22,23);1H. The zero-order chi connectivity index (χ0) is 17.9. The lowest BCUT2D eigenvalue weighted by molar-refractivity contribution is 0.243. The highest BCUT2D eigenvalue weighted by molar-refractivity contribution is 14.0. The van der Waals surface area contributed by atoms with Crippen LogP contribution in [0.15, 0.2) is 29.3 Å². The van der Waals surface area contributed by atoms with Crippen LogP contribution in [0.2, 0.25) is 0 Å². The third-order valence-corrected chi connectivity index (χ3v) is 6.07. The molecule has 26 heavy (non-hydrogen) atoms. The van der Waals surface area contributed by atoms with Crippen LogP contribution in [0.3, 0.4) is 0 Å². The van der Waals surface area contributed by atoms with Gasteiger partial charge in [-0.15, -0.1) is 35.3 Å². The average molecular weight is 488 g/mol. The molecule has 0 bridgehead atoms. The van der Waals surface area contributed by atoms with Crippen molar-refractivity contribution in [1.82, 2.24) is 15.6 Å². The Balaban J connectivity index is 0.00000243. The first-order chi connectivity index (χ1) is 12.0. The summed E-state index contributed by atoms with van der Waals surface area (Å²) in [7, 11) is 1.78. The van der Waals surface area contributed by atoms with Gasteiger partial charge < -0.3 is 10.6 Å². The van der Waals surface area contributed by atoms with E-state index < -0.39 is 0 Å². The van der Waals surface area contributed by atoms with Gasteiger partial charge in [-0.05, 0) is 44.4 Å². The number of halogens is 2. The Morgan fingerprint density at radius 2 is 1.92 bits per heavy atom. The lowest BCUT2D eigenvalue weighted by Crippen LogP contribution is -2.48. The molecule has 4 nitrogen and oxygen atoms in total. The zero-order valence-corrected chi connectivity index (χ0v) is 18.6. The van der Waals surface area contributed by atoms with Crippen LogP contribution < -0.4 is 10.6 Å². The van der Waals surface area contributed by atoms with Crippen molar-refractivity contribution in [3.63, 3.8) is 0 Å². The molecule has 1 fully saturated rings. The Labute approximate surface area is 175 Å². The smallest absolute Gasteiger partial charge is 0.191 e. The predicted octanol–water partition coefficient (Wildman–Crippen LogP) is 4.30. The number of hydrogen-bond acceptors (Lipinski definition) is 3. The molecule has 1 aromatic heterocycles. The fourth-order valence-corrected chi connectivity index (χ4v) is 4.23. The molecule has 142 valence electrons. The number of nitrogens with one attached hydrogen (secondary N) is 2. The fourth-order valence-electron chi connectivity index (χ4n) is 3.35. The second-order valence-corrected chi connectivity index (χ2v) is 7.95. The topological polar surface area (TPSA) is 49.3 Å². The van der Waals surface area contributed by atoms with E-state index >= 15 is 0 Å². The number of benzene rings is 1. The molecule has 1 saturated carbocycles. The van der Waals surface area contributed by atoms with Crippen LogP contribution in [0, 0.1) is 19.7 Å². The van der Waals surface area contributed by atoms with E-state index in [0.717, 1.165) is 42.6 Å². The molecule has 1 heterocycles. The van der Waals surface area contributed by atoms with E-state index in [9.17, 15) is 4.39 Å². The van der Waals surface area contributed by atoms with Crippen molar-refractivity contribution in [3.8, 4) is 0 Å². The maximum atomic E-state index is 13.2. The number of aliphatic imine (C=N–C) groups is 1. The van der Waals surface area contributed by atoms with Crippen molar-refractivity contribution >= 4 is 41.3 Å². The van der Waals surface area contributed by atoms with E-state index in [1.54, 1.807) is 30.5 Å². The normalized spacial score (nSPS) is 15.8. The first kappa shape index (κ1) is 21.1. The van der Waals surface area contributed by atoms with Gasteiger partial charge in [-0.25, -0.2) is 9.37 Å². The molecule has 0 atom stereocenters. The lowest BCUT2D eigenvalue weighted by Gasteiger charge is -2.43. The molecule has 0 unspecified atom stereocenters. The largest absolute Gasteiger partial charge is 0.356 e. The van der Waals surface area contributed by atoms with Crippen molar-refractivity contribution in [2.24, 2.45) is 4.99 Å². The number of rotatable bonds is 5. The van der Waals surface area contributed by atoms with Gasteiger partial charge in [0.2, 0.25) is 0 Å². The van der Waals surface area contributed by atoms with Gasteiger partial charge in [0.15, 0.2) is 5.96 Å². The van der Waals surface area contributed by atoms with Crippen LogP contribution in [0.5, 0.6) is 0 Å². The Kier molecular flexibility index (Phi) is 7.40. The van der Waals surface area contributed by atoms with Gasteiger partial charge >= 0.3 is 0 Å². The summed E-state index contributed by atoms with van der Waals surface area (Å²) in [6.45, 7) is 5.59. The number of nitrogens with zero attached hydrogens (tertiary/aromatic N) is 2. The molecule has 1 aliphatic rings. The van der Waals surface area contributed by atoms with Gasteiger partial charge in [0.05, 0.1) is 17.2 Å². The van der Waals surface area contributed by atoms with E-state index in [0.29, 0.717) is 0 Å². The van der Waals surface area contributed by atoms with E-state index in [4.69, 9.17) is 0 Å². The van der Waals surface area contributed by atoms with Crippen molar-refractivity contribution in [2.45, 2.75) is 45.1 Å². The highest BCUT2D eigenvalue weighted by Gasteiger charge is 2.38. The molecule has 3 rings (SSSR count). The monoisotopic (exact) mass is 488 g/mol. The Bertz CT molecular complexity index is 753. The third-order valence-electron chi connectivity index (χ3n) is 5.00. The molecular formula is C19H26FIN4S. The van der Waals surface area contributed by atoms with Gasteiger partial charge in [0.1, 0.15) is 5.82 Å². The Morgan fingerprint density at radius 3 is 2.42 bits per heavy atom. The molecule has 0 amide bonds. The Morgan fingerprint density at radius 1 is 1.23 bits per heavy atom. The van der Waals surface area contributed by atoms with Crippen molar-refractivity contribution in [1.29, 1.82) is 0 Å². The summed E-state index contributed by atoms with van der Waals surface area (Å²) in [5.41, 5.74) is 2.37. The molecule has 7 heteroatoms. The second-order valence-electron chi connectivity index (χ2n) is 6.66. The molecular weight excluding hydrogens is 462 g/mol. The molecule has 0 radical (unpaired) electrons. The molecule has 0 saturated heterocycles. The summed E-state index contributed by atoms with van der Waals surface area (Å²) in [6.07, 6.45) is 3.45.